The van der Waals surface area contributed by atoms with Gasteiger partial charge in [-0.15, -0.1) is 11.3 Å². The van der Waals surface area contributed by atoms with Crippen molar-refractivity contribution in [3.8, 4) is 12.1 Å². The first kappa shape index (κ1) is 22.9. The number of benzene rings is 1. The van der Waals surface area contributed by atoms with Crippen LogP contribution < -0.4 is 10.6 Å². The van der Waals surface area contributed by atoms with Crippen LogP contribution in [-0.2, 0) is 17.6 Å². The monoisotopic (exact) mass is 532 g/mol. The summed E-state index contributed by atoms with van der Waals surface area (Å²) >= 11 is 5.07. The van der Waals surface area contributed by atoms with Gasteiger partial charge in [0.15, 0.2) is 5.78 Å². The van der Waals surface area contributed by atoms with Crippen LogP contribution in [0.5, 0.6) is 0 Å². The van der Waals surface area contributed by atoms with Crippen molar-refractivity contribution in [3.05, 3.63) is 73.0 Å². The molecule has 1 aromatic heterocycles. The molecular weight excluding hydrogens is 508 g/mol. The van der Waals surface area contributed by atoms with E-state index < -0.39 is 5.92 Å². The highest BCUT2D eigenvalue weighted by molar-refractivity contribution is 9.10. The van der Waals surface area contributed by atoms with Gasteiger partial charge in [-0.05, 0) is 60.8 Å². The van der Waals surface area contributed by atoms with Crippen LogP contribution in [0.2, 0.25) is 0 Å². The molecule has 172 valence electrons. The second-order valence-corrected chi connectivity index (χ2v) is 12.0. The molecule has 0 unspecified atom stereocenters. The zero-order valence-electron chi connectivity index (χ0n) is 19.2. The lowest BCUT2D eigenvalue weighted by molar-refractivity contribution is -0.118. The Morgan fingerprint density at radius 2 is 1.82 bits per heavy atom. The summed E-state index contributed by atoms with van der Waals surface area (Å²) in [5.74, 6) is -0.132. The van der Waals surface area contributed by atoms with Crippen LogP contribution in [0.3, 0.4) is 0 Å². The van der Waals surface area contributed by atoms with E-state index in [1.54, 1.807) is 11.3 Å². The normalized spacial score (nSPS) is 21.6. The highest BCUT2D eigenvalue weighted by Crippen LogP contribution is 2.52. The molecule has 2 aliphatic carbocycles. The number of allylic oxidation sites excluding steroid dienone is 3. The topological polar surface area (TPSA) is 93.9 Å². The molecule has 0 spiro atoms. The second kappa shape index (κ2) is 8.41. The fourth-order valence-corrected chi connectivity index (χ4v) is 7.20. The quantitative estimate of drug-likeness (QED) is 0.496. The predicted molar refractivity (Wildman–Crippen MR) is 137 cm³/mol. The van der Waals surface area contributed by atoms with Gasteiger partial charge < -0.3 is 5.73 Å². The van der Waals surface area contributed by atoms with Crippen molar-refractivity contribution in [1.82, 2.24) is 0 Å². The lowest BCUT2D eigenvalue weighted by atomic mass is 9.68. The summed E-state index contributed by atoms with van der Waals surface area (Å²) in [6, 6.07) is 12.5. The van der Waals surface area contributed by atoms with Crippen LogP contribution in [0.25, 0.3) is 0 Å². The first-order chi connectivity index (χ1) is 16.3. The van der Waals surface area contributed by atoms with E-state index in [0.717, 1.165) is 52.0 Å². The number of aryl methyl sites for hydroxylation is 1. The van der Waals surface area contributed by atoms with Crippen molar-refractivity contribution in [2.75, 3.05) is 4.90 Å². The molecule has 1 aromatic carbocycles. The molecule has 2 N–H and O–H groups in total. The Balaban J connectivity index is 1.79. The van der Waals surface area contributed by atoms with Crippen molar-refractivity contribution >= 4 is 38.1 Å². The number of carbonyl (C=O) groups is 1. The van der Waals surface area contributed by atoms with Gasteiger partial charge in [0.2, 0.25) is 0 Å². The number of halogens is 1. The summed E-state index contributed by atoms with van der Waals surface area (Å²) in [6.07, 6.45) is 5.07. The van der Waals surface area contributed by atoms with E-state index in [9.17, 15) is 15.3 Å². The van der Waals surface area contributed by atoms with Crippen LogP contribution in [0.15, 0.2) is 51.4 Å². The maximum Gasteiger partial charge on any atom is 0.162 e. The number of carbonyl (C=O) groups excluding carboxylic acids is 1. The van der Waals surface area contributed by atoms with Crippen LogP contribution in [-0.4, -0.2) is 5.78 Å². The Morgan fingerprint density at radius 1 is 1.12 bits per heavy atom. The molecule has 0 fully saturated rings. The van der Waals surface area contributed by atoms with E-state index in [1.165, 1.54) is 4.88 Å². The van der Waals surface area contributed by atoms with Crippen LogP contribution >= 0.6 is 27.3 Å². The maximum atomic E-state index is 13.7. The smallest absolute Gasteiger partial charge is 0.162 e. The number of hydrogen-bond acceptors (Lipinski definition) is 6. The van der Waals surface area contributed by atoms with E-state index in [0.29, 0.717) is 35.4 Å². The Labute approximate surface area is 212 Å². The van der Waals surface area contributed by atoms with Crippen molar-refractivity contribution in [2.24, 2.45) is 11.1 Å². The second-order valence-electron chi connectivity index (χ2n) is 10.0. The number of ketones is 1. The lowest BCUT2D eigenvalue weighted by Crippen LogP contribution is -2.42. The van der Waals surface area contributed by atoms with Gasteiger partial charge in [0.05, 0.1) is 23.1 Å². The Hall–Kier alpha value is -2.87. The largest absolute Gasteiger partial charge is 0.384 e. The molecule has 2 heterocycles. The molecule has 34 heavy (non-hydrogen) atoms. The molecule has 1 atom stereocenters. The minimum Gasteiger partial charge on any atom is -0.384 e. The van der Waals surface area contributed by atoms with Gasteiger partial charge in [-0.25, -0.2) is 0 Å². The Morgan fingerprint density at radius 3 is 2.50 bits per heavy atom. The number of anilines is 1. The van der Waals surface area contributed by atoms with E-state index in [4.69, 9.17) is 5.73 Å². The highest BCUT2D eigenvalue weighted by Gasteiger charge is 2.45. The van der Waals surface area contributed by atoms with Crippen LogP contribution in [0, 0.1) is 28.1 Å². The zero-order valence-corrected chi connectivity index (χ0v) is 21.6. The molecule has 1 aliphatic heterocycles. The van der Waals surface area contributed by atoms with Crippen molar-refractivity contribution in [1.29, 1.82) is 10.5 Å². The van der Waals surface area contributed by atoms with E-state index in [1.807, 2.05) is 29.2 Å². The van der Waals surface area contributed by atoms with Crippen LogP contribution in [0.1, 0.15) is 67.0 Å². The number of thiophene rings is 1. The number of Topliss-reactive ketones (excluding diaryl/α,β-unsaturated/α-hetero) is 1. The number of rotatable bonds is 2. The Kier molecular flexibility index (Phi) is 5.67. The van der Waals surface area contributed by atoms with E-state index in [-0.39, 0.29) is 11.2 Å². The third kappa shape index (κ3) is 3.59. The van der Waals surface area contributed by atoms with Gasteiger partial charge in [-0.1, -0.05) is 41.9 Å². The summed E-state index contributed by atoms with van der Waals surface area (Å²) in [5, 5.41) is 21.1. The summed E-state index contributed by atoms with van der Waals surface area (Å²) in [5.41, 5.74) is 11.0. The fourth-order valence-electron chi connectivity index (χ4n) is 5.55. The zero-order chi connectivity index (χ0) is 24.2. The van der Waals surface area contributed by atoms with Gasteiger partial charge in [0.25, 0.3) is 0 Å². The van der Waals surface area contributed by atoms with Gasteiger partial charge in [0.1, 0.15) is 16.9 Å². The third-order valence-corrected chi connectivity index (χ3v) is 8.86. The van der Waals surface area contributed by atoms with Gasteiger partial charge in [0, 0.05) is 27.0 Å². The fraction of sp³-hybridized carbons (Fsp3) is 0.370. The first-order valence-electron chi connectivity index (χ1n) is 11.5. The third-order valence-electron chi connectivity index (χ3n) is 7.05. The SMILES string of the molecule is CC1(C)CC(=O)C2=C(C1)N(c1sc3c(c1C#N)CCCC3)C(N)=C(C#N)[C@H]2c1ccc(Br)cc1. The average Bonchev–Trinajstić information content (AvgIpc) is 3.16. The number of nitrogens with two attached hydrogens (primary N) is 1. The molecule has 7 heteroatoms. The number of hydrogen-bond donors (Lipinski definition) is 1. The summed E-state index contributed by atoms with van der Waals surface area (Å²) in [4.78, 5) is 16.8. The standard InChI is InChI=1S/C27H25BrN4OS/c1-27(2)11-20-24(21(33)12-27)23(15-7-9-16(28)10-8-15)19(14-30)25(31)32(20)26-18(13-29)17-5-3-4-6-22(17)34-26/h7-10,23H,3-6,11-12,31H2,1-2H3/t23-/m1/s1. The van der Waals surface area contributed by atoms with Gasteiger partial charge in [-0.3, -0.25) is 9.69 Å². The molecule has 5 rings (SSSR count). The Bertz CT molecular complexity index is 1350. The van der Waals surface area contributed by atoms with Crippen molar-refractivity contribution in [3.63, 3.8) is 0 Å². The van der Waals surface area contributed by atoms with Crippen molar-refractivity contribution in [2.45, 2.75) is 58.3 Å². The van der Waals surface area contributed by atoms with E-state index >= 15 is 0 Å². The predicted octanol–water partition coefficient (Wildman–Crippen LogP) is 6.20. The maximum absolute atomic E-state index is 13.7. The minimum absolute atomic E-state index is 0.0456. The van der Waals surface area contributed by atoms with E-state index in [2.05, 4.69) is 41.9 Å². The molecule has 3 aliphatic rings. The van der Waals surface area contributed by atoms with Crippen molar-refractivity contribution < 1.29 is 4.79 Å². The molecular formula is C27H25BrN4OS. The number of fused-ring (bicyclic) bond motifs is 1. The summed E-state index contributed by atoms with van der Waals surface area (Å²) in [7, 11) is 0. The number of nitrogens with zero attached hydrogens (tertiary/aromatic N) is 3. The minimum atomic E-state index is -0.506. The first-order valence-corrected chi connectivity index (χ1v) is 13.1. The van der Waals surface area contributed by atoms with Gasteiger partial charge >= 0.3 is 0 Å². The highest BCUT2D eigenvalue weighted by atomic mass is 79.9. The molecule has 0 bridgehead atoms. The molecule has 2 aromatic rings. The molecule has 0 saturated carbocycles. The molecule has 0 radical (unpaired) electrons. The summed E-state index contributed by atoms with van der Waals surface area (Å²) in [6.45, 7) is 4.18. The summed E-state index contributed by atoms with van der Waals surface area (Å²) < 4.78 is 0.928. The molecule has 5 nitrogen and oxygen atoms in total. The number of nitriles is 2. The van der Waals surface area contributed by atoms with Crippen LogP contribution in [0.4, 0.5) is 5.00 Å². The van der Waals surface area contributed by atoms with Gasteiger partial charge in [-0.2, -0.15) is 10.5 Å². The molecule has 0 amide bonds. The molecule has 0 saturated heterocycles. The lowest BCUT2D eigenvalue weighted by Gasteiger charge is -2.43. The average molecular weight is 533 g/mol.